The molecule has 0 bridgehead atoms. The van der Waals surface area contributed by atoms with Gasteiger partial charge in [-0.25, -0.2) is 14.1 Å². The Kier molecular flexibility index (Phi) is 4.92. The number of halogens is 1. The number of nitrogens with zero attached hydrogens (tertiary/aromatic N) is 4. The van der Waals surface area contributed by atoms with Crippen molar-refractivity contribution in [2.45, 2.75) is 20.4 Å². The average molecular weight is 289 g/mol. The van der Waals surface area contributed by atoms with Gasteiger partial charge in [0.1, 0.15) is 5.82 Å². The molecule has 2 aromatic rings. The highest BCUT2D eigenvalue weighted by molar-refractivity contribution is 5.77. The van der Waals surface area contributed by atoms with E-state index in [0.29, 0.717) is 12.5 Å². The predicted octanol–water partition coefficient (Wildman–Crippen LogP) is 2.17. The molecule has 0 saturated carbocycles. The molecule has 1 heterocycles. The molecule has 0 atom stereocenters. The Morgan fingerprint density at radius 1 is 1.24 bits per heavy atom. The highest BCUT2D eigenvalue weighted by Crippen LogP contribution is 2.09. The van der Waals surface area contributed by atoms with E-state index in [1.807, 2.05) is 31.0 Å². The van der Waals surface area contributed by atoms with Gasteiger partial charge >= 0.3 is 0 Å². The zero-order valence-corrected chi connectivity index (χ0v) is 12.3. The van der Waals surface area contributed by atoms with Crippen LogP contribution in [0.1, 0.15) is 19.5 Å². The van der Waals surface area contributed by atoms with Crippen LogP contribution in [-0.4, -0.2) is 33.7 Å². The Hall–Kier alpha value is -2.37. The molecular formula is C15H20FN5. The molecule has 0 unspecified atom stereocenters. The van der Waals surface area contributed by atoms with E-state index < -0.39 is 0 Å². The fraction of sp³-hybridized carbons (Fsp3) is 0.333. The molecule has 2 rings (SSSR count). The standard InChI is InChI=1S/C15H20FN5/c1-3-20(4-2)15(17)18-11-13-9-10-21(19-13)14-7-5-12(16)6-8-14/h5-10H,3-4,11H2,1-2H3,(H2,17,18). The molecule has 21 heavy (non-hydrogen) atoms. The smallest absolute Gasteiger partial charge is 0.191 e. The molecule has 5 nitrogen and oxygen atoms in total. The molecule has 1 aromatic carbocycles. The van der Waals surface area contributed by atoms with Crippen LogP contribution < -0.4 is 5.73 Å². The Bertz CT molecular complexity index is 599. The molecule has 0 aliphatic heterocycles. The third kappa shape index (κ3) is 3.81. The minimum atomic E-state index is -0.261. The maximum Gasteiger partial charge on any atom is 0.191 e. The van der Waals surface area contributed by atoms with Gasteiger partial charge in [0.15, 0.2) is 5.96 Å². The minimum absolute atomic E-state index is 0.261. The number of aromatic nitrogens is 2. The van der Waals surface area contributed by atoms with Gasteiger partial charge in [-0.05, 0) is 44.2 Å². The van der Waals surface area contributed by atoms with Crippen molar-refractivity contribution in [3.05, 3.63) is 48.0 Å². The van der Waals surface area contributed by atoms with Crippen molar-refractivity contribution < 1.29 is 4.39 Å². The zero-order chi connectivity index (χ0) is 15.2. The van der Waals surface area contributed by atoms with E-state index in [1.54, 1.807) is 16.8 Å². The third-order valence-corrected chi connectivity index (χ3v) is 3.23. The first kappa shape index (κ1) is 15.0. The Labute approximate surface area is 123 Å². The second-order valence-corrected chi connectivity index (χ2v) is 4.57. The molecule has 0 radical (unpaired) electrons. The van der Waals surface area contributed by atoms with Gasteiger partial charge in [0.05, 0.1) is 17.9 Å². The predicted molar refractivity (Wildman–Crippen MR) is 81.8 cm³/mol. The molecule has 0 aliphatic rings. The fourth-order valence-corrected chi connectivity index (χ4v) is 1.99. The van der Waals surface area contributed by atoms with Crippen molar-refractivity contribution in [1.29, 1.82) is 0 Å². The van der Waals surface area contributed by atoms with Gasteiger partial charge in [-0.2, -0.15) is 5.10 Å². The first-order chi connectivity index (χ1) is 10.1. The lowest BCUT2D eigenvalue weighted by atomic mass is 10.3. The van der Waals surface area contributed by atoms with Gasteiger partial charge in [-0.3, -0.25) is 0 Å². The van der Waals surface area contributed by atoms with Crippen LogP contribution in [0.25, 0.3) is 5.69 Å². The van der Waals surface area contributed by atoms with Crippen molar-refractivity contribution >= 4 is 5.96 Å². The molecule has 0 saturated heterocycles. The molecule has 112 valence electrons. The second kappa shape index (κ2) is 6.88. The number of guanidine groups is 1. The first-order valence-corrected chi connectivity index (χ1v) is 6.99. The van der Waals surface area contributed by atoms with Crippen molar-refractivity contribution in [3.8, 4) is 5.69 Å². The maximum absolute atomic E-state index is 12.9. The maximum atomic E-state index is 12.9. The normalized spacial score (nSPS) is 11.7. The summed E-state index contributed by atoms with van der Waals surface area (Å²) in [5.74, 6) is 0.263. The van der Waals surface area contributed by atoms with Gasteiger partial charge in [0, 0.05) is 19.3 Å². The quantitative estimate of drug-likeness (QED) is 0.678. The number of rotatable bonds is 5. The van der Waals surface area contributed by atoms with Gasteiger partial charge < -0.3 is 10.6 Å². The summed E-state index contributed by atoms with van der Waals surface area (Å²) in [7, 11) is 0. The van der Waals surface area contributed by atoms with E-state index in [1.165, 1.54) is 12.1 Å². The number of nitrogens with two attached hydrogens (primary N) is 1. The SMILES string of the molecule is CCN(CC)C(N)=NCc1ccn(-c2ccc(F)cc2)n1. The molecule has 0 aliphatic carbocycles. The number of hydrogen-bond donors (Lipinski definition) is 1. The van der Waals surface area contributed by atoms with Crippen LogP contribution in [0.15, 0.2) is 41.5 Å². The van der Waals surface area contributed by atoms with E-state index in [4.69, 9.17) is 5.73 Å². The monoisotopic (exact) mass is 289 g/mol. The Morgan fingerprint density at radius 3 is 2.52 bits per heavy atom. The summed E-state index contributed by atoms with van der Waals surface area (Å²) in [5.41, 5.74) is 7.54. The summed E-state index contributed by atoms with van der Waals surface area (Å²) >= 11 is 0. The second-order valence-electron chi connectivity index (χ2n) is 4.57. The highest BCUT2D eigenvalue weighted by atomic mass is 19.1. The molecule has 0 fully saturated rings. The summed E-state index contributed by atoms with van der Waals surface area (Å²) in [6.07, 6.45) is 1.83. The third-order valence-electron chi connectivity index (χ3n) is 3.23. The molecule has 2 N–H and O–H groups in total. The molecule has 0 spiro atoms. The van der Waals surface area contributed by atoms with E-state index in [2.05, 4.69) is 10.1 Å². The Morgan fingerprint density at radius 2 is 1.90 bits per heavy atom. The lowest BCUT2D eigenvalue weighted by Gasteiger charge is -2.19. The summed E-state index contributed by atoms with van der Waals surface area (Å²) in [6, 6.07) is 8.06. The van der Waals surface area contributed by atoms with E-state index in [-0.39, 0.29) is 5.82 Å². The number of hydrogen-bond acceptors (Lipinski definition) is 2. The first-order valence-electron chi connectivity index (χ1n) is 6.99. The van der Waals surface area contributed by atoms with Crippen molar-refractivity contribution in [1.82, 2.24) is 14.7 Å². The highest BCUT2D eigenvalue weighted by Gasteiger charge is 2.04. The van der Waals surface area contributed by atoms with Crippen LogP contribution in [-0.2, 0) is 6.54 Å². The average Bonchev–Trinajstić information content (AvgIpc) is 2.96. The minimum Gasteiger partial charge on any atom is -0.370 e. The summed E-state index contributed by atoms with van der Waals surface area (Å²) in [5, 5.41) is 4.41. The van der Waals surface area contributed by atoms with Gasteiger partial charge in [0.25, 0.3) is 0 Å². The largest absolute Gasteiger partial charge is 0.370 e. The number of benzene rings is 1. The lowest BCUT2D eigenvalue weighted by molar-refractivity contribution is 0.458. The van der Waals surface area contributed by atoms with E-state index in [0.717, 1.165) is 24.5 Å². The lowest BCUT2D eigenvalue weighted by Crippen LogP contribution is -2.37. The topological polar surface area (TPSA) is 59.4 Å². The molecular weight excluding hydrogens is 269 g/mol. The van der Waals surface area contributed by atoms with Crippen molar-refractivity contribution in [3.63, 3.8) is 0 Å². The molecule has 1 aromatic heterocycles. The van der Waals surface area contributed by atoms with Crippen LogP contribution in [0.4, 0.5) is 4.39 Å². The van der Waals surface area contributed by atoms with Gasteiger partial charge in [-0.15, -0.1) is 0 Å². The number of aliphatic imine (C=N–C) groups is 1. The summed E-state index contributed by atoms with van der Waals surface area (Å²) in [4.78, 5) is 6.33. The zero-order valence-electron chi connectivity index (χ0n) is 12.3. The molecule has 6 heteroatoms. The summed E-state index contributed by atoms with van der Waals surface area (Å²) < 4.78 is 14.6. The van der Waals surface area contributed by atoms with Crippen LogP contribution in [0, 0.1) is 5.82 Å². The van der Waals surface area contributed by atoms with E-state index >= 15 is 0 Å². The van der Waals surface area contributed by atoms with Crippen LogP contribution in [0.2, 0.25) is 0 Å². The van der Waals surface area contributed by atoms with Gasteiger partial charge in [-0.1, -0.05) is 0 Å². The van der Waals surface area contributed by atoms with Crippen molar-refractivity contribution in [2.75, 3.05) is 13.1 Å². The van der Waals surface area contributed by atoms with Crippen molar-refractivity contribution in [2.24, 2.45) is 10.7 Å². The molecule has 0 amide bonds. The van der Waals surface area contributed by atoms with Crippen LogP contribution in [0.5, 0.6) is 0 Å². The van der Waals surface area contributed by atoms with Gasteiger partial charge in [0.2, 0.25) is 0 Å². The van der Waals surface area contributed by atoms with Crippen LogP contribution in [0.3, 0.4) is 0 Å². The Balaban J connectivity index is 2.07. The fourth-order valence-electron chi connectivity index (χ4n) is 1.99. The van der Waals surface area contributed by atoms with E-state index in [9.17, 15) is 4.39 Å². The summed E-state index contributed by atoms with van der Waals surface area (Å²) in [6.45, 7) is 6.16. The van der Waals surface area contributed by atoms with Crippen LogP contribution >= 0.6 is 0 Å².